The van der Waals surface area contributed by atoms with Crippen LogP contribution in [0.2, 0.25) is 0 Å². The summed E-state index contributed by atoms with van der Waals surface area (Å²) in [6, 6.07) is 5.79. The Balaban J connectivity index is 1.58. The molecule has 0 N–H and O–H groups in total. The molecule has 0 spiro atoms. The van der Waals surface area contributed by atoms with Gasteiger partial charge in [0, 0.05) is 23.1 Å². The number of benzene rings is 1. The van der Waals surface area contributed by atoms with Crippen molar-refractivity contribution in [1.29, 1.82) is 0 Å². The summed E-state index contributed by atoms with van der Waals surface area (Å²) in [6.45, 7) is 1.65. The molecule has 4 rings (SSSR count). The van der Waals surface area contributed by atoms with Crippen molar-refractivity contribution >= 4 is 11.9 Å². The Morgan fingerprint density at radius 3 is 2.75 bits per heavy atom. The first kappa shape index (κ1) is 14.8. The van der Waals surface area contributed by atoms with Crippen LogP contribution in [0.15, 0.2) is 41.7 Å². The Hall–Kier alpha value is -2.76. The van der Waals surface area contributed by atoms with Crippen LogP contribution in [0.4, 0.5) is 0 Å². The molecule has 24 heavy (non-hydrogen) atoms. The van der Waals surface area contributed by atoms with E-state index in [1.54, 1.807) is 20.1 Å². The summed E-state index contributed by atoms with van der Waals surface area (Å²) in [5, 5.41) is 0. The number of hydrogen-bond acceptors (Lipinski definition) is 6. The van der Waals surface area contributed by atoms with Crippen LogP contribution in [0.3, 0.4) is 0 Å². The molecule has 2 heterocycles. The zero-order chi connectivity index (χ0) is 16.8. The minimum atomic E-state index is -0.796. The van der Waals surface area contributed by atoms with Crippen molar-refractivity contribution in [3.63, 3.8) is 0 Å². The molecule has 124 valence electrons. The Bertz CT molecular complexity index is 791. The first-order chi connectivity index (χ1) is 11.6. The van der Waals surface area contributed by atoms with E-state index in [2.05, 4.69) is 0 Å². The van der Waals surface area contributed by atoms with Crippen LogP contribution in [-0.2, 0) is 30.2 Å². The molecule has 0 amide bonds. The van der Waals surface area contributed by atoms with E-state index in [0.29, 0.717) is 17.6 Å². The number of esters is 2. The molecular weight excluding hydrogens is 312 g/mol. The van der Waals surface area contributed by atoms with Crippen LogP contribution in [0, 0.1) is 5.92 Å². The highest BCUT2D eigenvalue weighted by Gasteiger charge is 2.48. The molecule has 0 aromatic heterocycles. The Morgan fingerprint density at radius 1 is 1.21 bits per heavy atom. The van der Waals surface area contributed by atoms with E-state index in [-0.39, 0.29) is 12.0 Å². The van der Waals surface area contributed by atoms with Gasteiger partial charge in [-0.2, -0.15) is 0 Å². The number of rotatable bonds is 3. The quantitative estimate of drug-likeness (QED) is 0.481. The van der Waals surface area contributed by atoms with Gasteiger partial charge in [-0.1, -0.05) is 12.1 Å². The van der Waals surface area contributed by atoms with Crippen LogP contribution < -0.4 is 4.74 Å². The van der Waals surface area contributed by atoms with Crippen LogP contribution in [0.5, 0.6) is 5.75 Å². The maximum absolute atomic E-state index is 12.2. The Labute approximate surface area is 138 Å². The molecule has 3 aliphatic rings. The number of ether oxygens (including phenoxy) is 4. The maximum Gasteiger partial charge on any atom is 0.338 e. The molecule has 1 aromatic rings. The third-order valence-corrected chi connectivity index (χ3v) is 4.60. The first-order valence-electron chi connectivity index (χ1n) is 7.70. The highest BCUT2D eigenvalue weighted by molar-refractivity contribution is 5.92. The van der Waals surface area contributed by atoms with Gasteiger partial charge in [-0.3, -0.25) is 0 Å². The minimum Gasteiger partial charge on any atom is -0.496 e. The number of hydrogen-bond donors (Lipinski definition) is 0. The monoisotopic (exact) mass is 328 g/mol. The molecule has 6 nitrogen and oxygen atoms in total. The van der Waals surface area contributed by atoms with Gasteiger partial charge in [0.25, 0.3) is 6.29 Å². The van der Waals surface area contributed by atoms with E-state index in [0.717, 1.165) is 16.9 Å². The normalized spacial score (nSPS) is 29.0. The van der Waals surface area contributed by atoms with Gasteiger partial charge in [-0.15, -0.1) is 0 Å². The van der Waals surface area contributed by atoms with Crippen LogP contribution >= 0.6 is 0 Å². The van der Waals surface area contributed by atoms with Gasteiger partial charge in [-0.05, 0) is 25.0 Å². The Kier molecular flexibility index (Phi) is 3.33. The number of carbonyl (C=O) groups is 2. The van der Waals surface area contributed by atoms with Crippen molar-refractivity contribution in [3.8, 4) is 5.75 Å². The third-order valence-electron chi connectivity index (χ3n) is 4.60. The lowest BCUT2D eigenvalue weighted by molar-refractivity contribution is -0.152. The second-order valence-corrected chi connectivity index (χ2v) is 6.00. The average molecular weight is 328 g/mol. The molecule has 6 heteroatoms. The zero-order valence-corrected chi connectivity index (χ0v) is 13.3. The molecule has 0 saturated carbocycles. The molecule has 1 saturated heterocycles. The molecular formula is C18H16O6. The van der Waals surface area contributed by atoms with Crippen LogP contribution in [-0.4, -0.2) is 25.3 Å². The van der Waals surface area contributed by atoms with Gasteiger partial charge < -0.3 is 18.9 Å². The topological polar surface area (TPSA) is 71.1 Å². The van der Waals surface area contributed by atoms with Crippen molar-refractivity contribution in [3.05, 3.63) is 52.8 Å². The molecule has 1 aromatic carbocycles. The summed E-state index contributed by atoms with van der Waals surface area (Å²) in [7, 11) is 1.60. The summed E-state index contributed by atoms with van der Waals surface area (Å²) in [5.41, 5.74) is 2.96. The van der Waals surface area contributed by atoms with E-state index < -0.39 is 18.2 Å². The lowest BCUT2D eigenvalue weighted by atomic mass is 9.98. The number of fused-ring (bicyclic) bond motifs is 3. The number of methoxy groups -OCH3 is 1. The van der Waals surface area contributed by atoms with Crippen molar-refractivity contribution < 1.29 is 28.5 Å². The van der Waals surface area contributed by atoms with Crippen molar-refractivity contribution in [2.75, 3.05) is 7.11 Å². The second kappa shape index (κ2) is 5.40. The molecule has 1 aliphatic carbocycles. The van der Waals surface area contributed by atoms with Crippen molar-refractivity contribution in [2.24, 2.45) is 5.92 Å². The molecule has 3 atom stereocenters. The predicted octanol–water partition coefficient (Wildman–Crippen LogP) is 2.20. The van der Waals surface area contributed by atoms with E-state index >= 15 is 0 Å². The van der Waals surface area contributed by atoms with Crippen LogP contribution in [0.1, 0.15) is 24.2 Å². The molecule has 0 radical (unpaired) electrons. The minimum absolute atomic E-state index is 0.119. The van der Waals surface area contributed by atoms with Gasteiger partial charge >= 0.3 is 11.9 Å². The predicted molar refractivity (Wildman–Crippen MR) is 81.8 cm³/mol. The SMILES string of the molecule is COc1cccc2c1[C@@H]1OC(=O)/C(=C/O[C@H]3C=C(C)C(=O)O3)[C@@H]1C2. The fraction of sp³-hybridized carbons (Fsp3) is 0.333. The fourth-order valence-electron chi connectivity index (χ4n) is 3.41. The van der Waals surface area contributed by atoms with Gasteiger partial charge in [0.2, 0.25) is 0 Å². The van der Waals surface area contributed by atoms with Crippen LogP contribution in [0.25, 0.3) is 0 Å². The average Bonchev–Trinajstić information content (AvgIpc) is 3.17. The van der Waals surface area contributed by atoms with Gasteiger partial charge in [0.05, 0.1) is 18.9 Å². The summed E-state index contributed by atoms with van der Waals surface area (Å²) in [5.74, 6) is -0.223. The third kappa shape index (κ3) is 2.18. The Morgan fingerprint density at radius 2 is 2.04 bits per heavy atom. The van der Waals surface area contributed by atoms with Crippen molar-refractivity contribution in [2.45, 2.75) is 25.7 Å². The van der Waals surface area contributed by atoms with E-state index in [9.17, 15) is 9.59 Å². The zero-order valence-electron chi connectivity index (χ0n) is 13.3. The lowest BCUT2D eigenvalue weighted by Crippen LogP contribution is -2.11. The number of carbonyl (C=O) groups excluding carboxylic acids is 2. The smallest absolute Gasteiger partial charge is 0.338 e. The molecule has 0 unspecified atom stereocenters. The molecule has 0 bridgehead atoms. The summed E-state index contributed by atoms with van der Waals surface area (Å²) >= 11 is 0. The van der Waals surface area contributed by atoms with E-state index in [1.165, 1.54) is 6.26 Å². The highest BCUT2D eigenvalue weighted by atomic mass is 16.7. The standard InChI is InChI=1S/C18H16O6/c1-9-6-14(23-17(9)19)22-8-12-11-7-10-4-3-5-13(21-2)15(10)16(11)24-18(12)20/h3-6,8,11,14,16H,7H2,1-2H3/b12-8+/t11-,14+,16+/m0/s1. The van der Waals surface area contributed by atoms with Crippen molar-refractivity contribution in [1.82, 2.24) is 0 Å². The van der Waals surface area contributed by atoms with Gasteiger partial charge in [-0.25, -0.2) is 9.59 Å². The summed E-state index contributed by atoms with van der Waals surface area (Å²) in [4.78, 5) is 23.5. The molecule has 1 fully saturated rings. The number of cyclic esters (lactones) is 1. The van der Waals surface area contributed by atoms with E-state index in [1.807, 2.05) is 18.2 Å². The second-order valence-electron chi connectivity index (χ2n) is 6.00. The maximum atomic E-state index is 12.2. The fourth-order valence-corrected chi connectivity index (χ4v) is 3.41. The lowest BCUT2D eigenvalue weighted by Gasteiger charge is -2.12. The van der Waals surface area contributed by atoms with Gasteiger partial charge in [0.15, 0.2) is 0 Å². The summed E-state index contributed by atoms with van der Waals surface area (Å²) in [6.07, 6.45) is 2.46. The van der Waals surface area contributed by atoms with E-state index in [4.69, 9.17) is 18.9 Å². The largest absolute Gasteiger partial charge is 0.496 e. The summed E-state index contributed by atoms with van der Waals surface area (Å²) < 4.78 is 21.4. The highest BCUT2D eigenvalue weighted by Crippen LogP contribution is 2.50. The first-order valence-corrected chi connectivity index (χ1v) is 7.70. The van der Waals surface area contributed by atoms with Gasteiger partial charge in [0.1, 0.15) is 11.9 Å². The molecule has 2 aliphatic heterocycles.